The number of nitrogens with zero attached hydrogens (tertiary/aromatic N) is 1. The highest BCUT2D eigenvalue weighted by Crippen LogP contribution is 2.27. The van der Waals surface area contributed by atoms with E-state index in [9.17, 15) is 19.5 Å². The number of ether oxygens (including phenoxy) is 1. The summed E-state index contributed by atoms with van der Waals surface area (Å²) in [5.41, 5.74) is 0.630. The number of aromatic hydroxyl groups is 1. The molecule has 0 saturated heterocycles. The first kappa shape index (κ1) is 32.7. The summed E-state index contributed by atoms with van der Waals surface area (Å²) in [5, 5.41) is 16.0. The number of carbonyl (C=O) groups is 3. The van der Waals surface area contributed by atoms with Crippen LogP contribution in [0.4, 0.5) is 4.79 Å². The van der Waals surface area contributed by atoms with Crippen LogP contribution >= 0.6 is 0 Å². The summed E-state index contributed by atoms with van der Waals surface area (Å²) in [6.07, 6.45) is 4.87. The molecule has 3 N–H and O–H groups in total. The Kier molecular flexibility index (Phi) is 13.5. The van der Waals surface area contributed by atoms with Crippen LogP contribution in [0.2, 0.25) is 0 Å². The molecule has 0 heterocycles. The fourth-order valence-corrected chi connectivity index (χ4v) is 4.43. The average molecular weight is 554 g/mol. The van der Waals surface area contributed by atoms with Gasteiger partial charge in [0.25, 0.3) is 0 Å². The van der Waals surface area contributed by atoms with Gasteiger partial charge in [0.15, 0.2) is 0 Å². The molecule has 2 unspecified atom stereocenters. The van der Waals surface area contributed by atoms with Gasteiger partial charge in [-0.25, -0.2) is 4.79 Å². The lowest BCUT2D eigenvalue weighted by Gasteiger charge is -2.34. The van der Waals surface area contributed by atoms with Gasteiger partial charge in [-0.2, -0.15) is 0 Å². The van der Waals surface area contributed by atoms with Crippen LogP contribution in [0.25, 0.3) is 0 Å². The van der Waals surface area contributed by atoms with Crippen molar-refractivity contribution < 1.29 is 24.2 Å². The number of phenolic OH excluding ortho intramolecular Hbond substituents is 1. The maximum Gasteiger partial charge on any atom is 0.408 e. The van der Waals surface area contributed by atoms with Crippen LogP contribution in [0, 0.1) is 0 Å². The normalized spacial score (nSPS) is 12.7. The van der Waals surface area contributed by atoms with Crippen LogP contribution in [-0.2, 0) is 20.7 Å². The van der Waals surface area contributed by atoms with Gasteiger partial charge in [-0.1, -0.05) is 82.0 Å². The van der Waals surface area contributed by atoms with Gasteiger partial charge in [0.2, 0.25) is 11.8 Å². The minimum Gasteiger partial charge on any atom is -0.508 e. The van der Waals surface area contributed by atoms with Crippen molar-refractivity contribution in [2.24, 2.45) is 0 Å². The highest BCUT2D eigenvalue weighted by atomic mass is 16.6. The SMILES string of the molecule is CCCCCCN(C(=O)C(Cc1ccccc1)NC(=O)OC(C)(C)C)C(C(=O)NCCCC)c1cccc(O)c1. The third kappa shape index (κ3) is 11.3. The van der Waals surface area contributed by atoms with Crippen molar-refractivity contribution in [1.82, 2.24) is 15.5 Å². The van der Waals surface area contributed by atoms with Gasteiger partial charge in [0, 0.05) is 19.5 Å². The molecule has 0 saturated carbocycles. The van der Waals surface area contributed by atoms with Crippen LogP contribution in [0.5, 0.6) is 5.75 Å². The fourth-order valence-electron chi connectivity index (χ4n) is 4.43. The Balaban J connectivity index is 2.51. The minimum atomic E-state index is -0.975. The lowest BCUT2D eigenvalue weighted by molar-refractivity contribution is -0.142. The zero-order chi connectivity index (χ0) is 29.5. The molecule has 2 aromatic rings. The highest BCUT2D eigenvalue weighted by molar-refractivity contribution is 5.92. The largest absolute Gasteiger partial charge is 0.508 e. The van der Waals surface area contributed by atoms with Gasteiger partial charge >= 0.3 is 6.09 Å². The smallest absolute Gasteiger partial charge is 0.408 e. The van der Waals surface area contributed by atoms with Crippen molar-refractivity contribution >= 4 is 17.9 Å². The Bertz CT molecular complexity index is 1070. The minimum absolute atomic E-state index is 0.00922. The van der Waals surface area contributed by atoms with E-state index in [4.69, 9.17) is 4.74 Å². The Hall–Kier alpha value is -3.55. The highest BCUT2D eigenvalue weighted by Gasteiger charge is 2.36. The molecule has 2 rings (SSSR count). The van der Waals surface area contributed by atoms with Gasteiger partial charge in [-0.15, -0.1) is 0 Å². The van der Waals surface area contributed by atoms with Crippen molar-refractivity contribution in [3.63, 3.8) is 0 Å². The van der Waals surface area contributed by atoms with E-state index in [1.54, 1.807) is 37.8 Å². The number of benzene rings is 2. The average Bonchev–Trinajstić information content (AvgIpc) is 2.89. The molecule has 2 aromatic carbocycles. The van der Waals surface area contributed by atoms with E-state index in [1.807, 2.05) is 37.3 Å². The van der Waals surface area contributed by atoms with Crippen molar-refractivity contribution in [2.45, 2.75) is 97.2 Å². The van der Waals surface area contributed by atoms with Crippen LogP contribution in [-0.4, -0.2) is 52.6 Å². The number of unbranched alkanes of at least 4 members (excludes halogenated alkanes) is 4. The zero-order valence-corrected chi connectivity index (χ0v) is 24.7. The van der Waals surface area contributed by atoms with Crippen LogP contribution < -0.4 is 10.6 Å². The van der Waals surface area contributed by atoms with Gasteiger partial charge in [-0.05, 0) is 56.9 Å². The number of alkyl carbamates (subject to hydrolysis) is 1. The molecule has 8 heteroatoms. The number of amides is 3. The maximum absolute atomic E-state index is 14.4. The molecule has 0 aliphatic carbocycles. The number of hydrogen-bond donors (Lipinski definition) is 3. The third-order valence-corrected chi connectivity index (χ3v) is 6.38. The first-order valence-corrected chi connectivity index (χ1v) is 14.5. The molecular formula is C32H47N3O5. The van der Waals surface area contributed by atoms with Gasteiger partial charge in [-0.3, -0.25) is 9.59 Å². The Morgan fingerprint density at radius 2 is 1.62 bits per heavy atom. The topological polar surface area (TPSA) is 108 Å². The number of hydrogen-bond acceptors (Lipinski definition) is 5. The fraction of sp³-hybridized carbons (Fsp3) is 0.531. The lowest BCUT2D eigenvalue weighted by atomic mass is 9.99. The molecule has 3 amide bonds. The summed E-state index contributed by atoms with van der Waals surface area (Å²) in [6.45, 7) is 10.2. The van der Waals surface area contributed by atoms with Crippen LogP contribution in [0.3, 0.4) is 0 Å². The van der Waals surface area contributed by atoms with Crippen molar-refractivity contribution in [3.05, 3.63) is 65.7 Å². The predicted octanol–water partition coefficient (Wildman–Crippen LogP) is 5.89. The summed E-state index contributed by atoms with van der Waals surface area (Å²) in [7, 11) is 0. The van der Waals surface area contributed by atoms with Crippen molar-refractivity contribution in [3.8, 4) is 5.75 Å². The van der Waals surface area contributed by atoms with E-state index in [2.05, 4.69) is 17.6 Å². The zero-order valence-electron chi connectivity index (χ0n) is 24.7. The van der Waals surface area contributed by atoms with E-state index in [-0.39, 0.29) is 24.0 Å². The van der Waals surface area contributed by atoms with Crippen LogP contribution in [0.1, 0.15) is 90.3 Å². The molecule has 2 atom stereocenters. The van der Waals surface area contributed by atoms with Crippen molar-refractivity contribution in [1.29, 1.82) is 0 Å². The van der Waals surface area contributed by atoms with E-state index in [0.717, 1.165) is 37.7 Å². The molecule has 220 valence electrons. The first-order chi connectivity index (χ1) is 19.1. The molecular weight excluding hydrogens is 506 g/mol. The standard InChI is InChI=1S/C32H47N3O5/c1-6-8-10-14-21-35(28(29(37)33-20-9-7-2)25-18-15-19-26(36)23-25)30(38)27(22-24-16-12-11-13-17-24)34-31(39)40-32(3,4)5/h11-13,15-19,23,27-28,36H,6-10,14,20-22H2,1-5H3,(H,33,37)(H,34,39). The first-order valence-electron chi connectivity index (χ1n) is 14.5. The van der Waals surface area contributed by atoms with Gasteiger partial charge in [0.05, 0.1) is 0 Å². The molecule has 0 fully saturated rings. The number of phenols is 1. The second-order valence-corrected chi connectivity index (χ2v) is 11.1. The molecule has 0 radical (unpaired) electrons. The monoisotopic (exact) mass is 553 g/mol. The second-order valence-electron chi connectivity index (χ2n) is 11.1. The third-order valence-electron chi connectivity index (χ3n) is 6.38. The molecule has 8 nitrogen and oxygen atoms in total. The molecule has 0 bridgehead atoms. The Labute approximate surface area is 239 Å². The maximum atomic E-state index is 14.4. The summed E-state index contributed by atoms with van der Waals surface area (Å²) in [5.74, 6) is -0.696. The summed E-state index contributed by atoms with van der Waals surface area (Å²) in [4.78, 5) is 42.4. The van der Waals surface area contributed by atoms with Gasteiger partial charge in [0.1, 0.15) is 23.4 Å². The van der Waals surface area contributed by atoms with E-state index < -0.39 is 23.8 Å². The Morgan fingerprint density at radius 1 is 0.925 bits per heavy atom. The summed E-state index contributed by atoms with van der Waals surface area (Å²) < 4.78 is 5.49. The molecule has 0 aliphatic heterocycles. The number of carbonyl (C=O) groups excluding carboxylic acids is 3. The number of rotatable bonds is 15. The lowest BCUT2D eigenvalue weighted by Crippen LogP contribution is -2.54. The Morgan fingerprint density at radius 3 is 2.25 bits per heavy atom. The van der Waals surface area contributed by atoms with Crippen LogP contribution in [0.15, 0.2) is 54.6 Å². The summed E-state index contributed by atoms with van der Waals surface area (Å²) >= 11 is 0. The molecule has 0 aliphatic rings. The molecule has 0 aromatic heterocycles. The second kappa shape index (κ2) is 16.5. The van der Waals surface area contributed by atoms with Gasteiger partial charge < -0.3 is 25.4 Å². The molecule has 40 heavy (non-hydrogen) atoms. The van der Waals surface area contributed by atoms with Crippen molar-refractivity contribution in [2.75, 3.05) is 13.1 Å². The van der Waals surface area contributed by atoms with E-state index in [0.29, 0.717) is 25.1 Å². The molecule has 0 spiro atoms. The predicted molar refractivity (Wildman–Crippen MR) is 158 cm³/mol. The number of nitrogens with one attached hydrogen (secondary N) is 2. The quantitative estimate of drug-likeness (QED) is 0.238. The van der Waals surface area contributed by atoms with E-state index >= 15 is 0 Å². The van der Waals surface area contributed by atoms with E-state index in [1.165, 1.54) is 12.1 Å². The summed E-state index contributed by atoms with van der Waals surface area (Å²) in [6, 6.07) is 14.0.